The standard InChI is InChI=1S/C21H24N2O5/c1-15-11-22(12-16(2)28-15)13-17-7-9-18(10-8-17)21(24)27-14-19-5-3-4-6-20(19)23(25)26/h3-10,15-16H,11-14H2,1-2H3. The van der Waals surface area contributed by atoms with Crippen LogP contribution in [-0.4, -0.2) is 41.1 Å². The molecule has 0 saturated carbocycles. The van der Waals surface area contributed by atoms with Crippen LogP contribution in [0.5, 0.6) is 0 Å². The Morgan fingerprint density at radius 1 is 1.14 bits per heavy atom. The SMILES string of the molecule is CC1CN(Cc2ccc(C(=O)OCc3ccccc3[N+](=O)[O-])cc2)CC(C)O1. The first-order chi connectivity index (χ1) is 13.4. The lowest BCUT2D eigenvalue weighted by atomic mass is 10.1. The van der Waals surface area contributed by atoms with Crippen molar-refractivity contribution in [1.82, 2.24) is 4.90 Å². The summed E-state index contributed by atoms with van der Waals surface area (Å²) in [5.41, 5.74) is 1.84. The molecule has 1 aliphatic heterocycles. The Morgan fingerprint density at radius 2 is 1.79 bits per heavy atom. The van der Waals surface area contributed by atoms with Crippen LogP contribution in [0.25, 0.3) is 0 Å². The van der Waals surface area contributed by atoms with Crippen molar-refractivity contribution in [2.45, 2.75) is 39.2 Å². The summed E-state index contributed by atoms with van der Waals surface area (Å²) < 4.78 is 11.0. The normalized spacial score (nSPS) is 19.9. The lowest BCUT2D eigenvalue weighted by molar-refractivity contribution is -0.385. The van der Waals surface area contributed by atoms with E-state index in [-0.39, 0.29) is 24.5 Å². The molecule has 7 heteroatoms. The molecule has 2 aromatic carbocycles. The van der Waals surface area contributed by atoms with Gasteiger partial charge < -0.3 is 9.47 Å². The molecule has 7 nitrogen and oxygen atoms in total. The van der Waals surface area contributed by atoms with Crippen molar-refractivity contribution in [3.63, 3.8) is 0 Å². The molecular weight excluding hydrogens is 360 g/mol. The van der Waals surface area contributed by atoms with Crippen molar-refractivity contribution in [3.05, 3.63) is 75.3 Å². The maximum absolute atomic E-state index is 12.3. The van der Waals surface area contributed by atoms with Crippen LogP contribution in [0.4, 0.5) is 5.69 Å². The Labute approximate surface area is 164 Å². The van der Waals surface area contributed by atoms with E-state index >= 15 is 0 Å². The molecule has 2 unspecified atom stereocenters. The van der Waals surface area contributed by atoms with Crippen LogP contribution in [0.2, 0.25) is 0 Å². The lowest BCUT2D eigenvalue weighted by Gasteiger charge is -2.35. The van der Waals surface area contributed by atoms with Gasteiger partial charge in [-0.15, -0.1) is 0 Å². The van der Waals surface area contributed by atoms with E-state index in [4.69, 9.17) is 9.47 Å². The number of carbonyl (C=O) groups excluding carboxylic acids is 1. The first-order valence-electron chi connectivity index (χ1n) is 9.28. The van der Waals surface area contributed by atoms with Crippen LogP contribution >= 0.6 is 0 Å². The first kappa shape index (κ1) is 20.0. The third-order valence-electron chi connectivity index (χ3n) is 4.64. The van der Waals surface area contributed by atoms with Gasteiger partial charge in [-0.2, -0.15) is 0 Å². The minimum atomic E-state index is -0.502. The van der Waals surface area contributed by atoms with Crippen molar-refractivity contribution < 1.29 is 19.2 Å². The van der Waals surface area contributed by atoms with Gasteiger partial charge in [-0.3, -0.25) is 15.0 Å². The average Bonchev–Trinajstić information content (AvgIpc) is 2.66. The Bertz CT molecular complexity index is 827. The Morgan fingerprint density at radius 3 is 2.43 bits per heavy atom. The third-order valence-corrected chi connectivity index (χ3v) is 4.64. The summed E-state index contributed by atoms with van der Waals surface area (Å²) in [6.45, 7) is 6.55. The van der Waals surface area contributed by atoms with E-state index in [1.54, 1.807) is 30.3 Å². The van der Waals surface area contributed by atoms with Crippen LogP contribution < -0.4 is 0 Å². The maximum atomic E-state index is 12.3. The quantitative estimate of drug-likeness (QED) is 0.430. The van der Waals surface area contributed by atoms with Crippen molar-refractivity contribution in [1.29, 1.82) is 0 Å². The Balaban J connectivity index is 1.57. The zero-order valence-corrected chi connectivity index (χ0v) is 16.0. The summed E-state index contributed by atoms with van der Waals surface area (Å²) in [5.74, 6) is -0.502. The van der Waals surface area contributed by atoms with Crippen LogP contribution in [0.1, 0.15) is 35.3 Å². The number of esters is 1. The Hall–Kier alpha value is -2.77. The number of para-hydroxylation sites is 1. The predicted molar refractivity (Wildman–Crippen MR) is 104 cm³/mol. The van der Waals surface area contributed by atoms with Crippen molar-refractivity contribution in [2.75, 3.05) is 13.1 Å². The number of hydrogen-bond donors (Lipinski definition) is 0. The molecule has 1 saturated heterocycles. The van der Waals surface area contributed by atoms with E-state index < -0.39 is 10.9 Å². The second kappa shape index (κ2) is 8.95. The predicted octanol–water partition coefficient (Wildman–Crippen LogP) is 3.56. The number of carbonyl (C=O) groups is 1. The van der Waals surface area contributed by atoms with Gasteiger partial charge in [-0.25, -0.2) is 4.79 Å². The molecule has 0 N–H and O–H groups in total. The molecule has 1 fully saturated rings. The summed E-state index contributed by atoms with van der Waals surface area (Å²) >= 11 is 0. The fourth-order valence-electron chi connectivity index (χ4n) is 3.46. The zero-order chi connectivity index (χ0) is 20.1. The number of ether oxygens (including phenoxy) is 2. The molecule has 0 radical (unpaired) electrons. The fourth-order valence-corrected chi connectivity index (χ4v) is 3.46. The second-order valence-electron chi connectivity index (χ2n) is 7.11. The molecule has 2 atom stereocenters. The minimum Gasteiger partial charge on any atom is -0.457 e. The largest absolute Gasteiger partial charge is 0.457 e. The zero-order valence-electron chi connectivity index (χ0n) is 16.0. The summed E-state index contributed by atoms with van der Waals surface area (Å²) in [7, 11) is 0. The number of morpholine rings is 1. The molecular formula is C21H24N2O5. The molecule has 0 aromatic heterocycles. The number of nitrogens with zero attached hydrogens (tertiary/aromatic N) is 2. The number of nitro groups is 1. The molecule has 28 heavy (non-hydrogen) atoms. The number of benzene rings is 2. The maximum Gasteiger partial charge on any atom is 0.338 e. The summed E-state index contributed by atoms with van der Waals surface area (Å²) in [4.78, 5) is 25.2. The lowest BCUT2D eigenvalue weighted by Crippen LogP contribution is -2.44. The summed E-state index contributed by atoms with van der Waals surface area (Å²) in [6.07, 6.45) is 0.417. The molecule has 3 rings (SSSR count). The monoisotopic (exact) mass is 384 g/mol. The topological polar surface area (TPSA) is 81.9 Å². The molecule has 0 spiro atoms. The van der Waals surface area contributed by atoms with Gasteiger partial charge in [0.1, 0.15) is 6.61 Å². The van der Waals surface area contributed by atoms with E-state index in [1.165, 1.54) is 6.07 Å². The molecule has 0 aliphatic carbocycles. The average molecular weight is 384 g/mol. The van der Waals surface area contributed by atoms with Gasteiger partial charge in [0.2, 0.25) is 0 Å². The molecule has 0 bridgehead atoms. The Kier molecular flexibility index (Phi) is 6.38. The smallest absolute Gasteiger partial charge is 0.338 e. The van der Waals surface area contributed by atoms with Crippen molar-refractivity contribution in [2.24, 2.45) is 0 Å². The van der Waals surface area contributed by atoms with E-state index in [1.807, 2.05) is 12.1 Å². The highest BCUT2D eigenvalue weighted by Gasteiger charge is 2.22. The number of nitro benzene ring substituents is 1. The van der Waals surface area contributed by atoms with E-state index in [9.17, 15) is 14.9 Å². The van der Waals surface area contributed by atoms with Crippen LogP contribution in [-0.2, 0) is 22.6 Å². The number of hydrogen-bond acceptors (Lipinski definition) is 6. The molecule has 1 aliphatic rings. The van der Waals surface area contributed by atoms with Gasteiger partial charge in [0, 0.05) is 25.7 Å². The highest BCUT2D eigenvalue weighted by atomic mass is 16.6. The molecule has 0 amide bonds. The van der Waals surface area contributed by atoms with Crippen LogP contribution in [0, 0.1) is 10.1 Å². The fraction of sp³-hybridized carbons (Fsp3) is 0.381. The van der Waals surface area contributed by atoms with Crippen LogP contribution in [0.3, 0.4) is 0 Å². The molecule has 2 aromatic rings. The second-order valence-corrected chi connectivity index (χ2v) is 7.11. The van der Waals surface area contributed by atoms with Crippen LogP contribution in [0.15, 0.2) is 48.5 Å². The van der Waals surface area contributed by atoms with E-state index in [0.29, 0.717) is 11.1 Å². The van der Waals surface area contributed by atoms with E-state index in [2.05, 4.69) is 18.7 Å². The number of rotatable bonds is 6. The molecule has 1 heterocycles. The van der Waals surface area contributed by atoms with Gasteiger partial charge in [0.15, 0.2) is 0 Å². The van der Waals surface area contributed by atoms with Gasteiger partial charge in [-0.1, -0.05) is 24.3 Å². The van der Waals surface area contributed by atoms with Crippen molar-refractivity contribution >= 4 is 11.7 Å². The highest BCUT2D eigenvalue weighted by molar-refractivity contribution is 5.89. The first-order valence-corrected chi connectivity index (χ1v) is 9.28. The van der Waals surface area contributed by atoms with Crippen molar-refractivity contribution in [3.8, 4) is 0 Å². The van der Waals surface area contributed by atoms with Gasteiger partial charge in [0.05, 0.1) is 28.3 Å². The summed E-state index contributed by atoms with van der Waals surface area (Å²) in [6, 6.07) is 13.5. The highest BCUT2D eigenvalue weighted by Crippen LogP contribution is 2.19. The van der Waals surface area contributed by atoms with Gasteiger partial charge in [0.25, 0.3) is 5.69 Å². The van der Waals surface area contributed by atoms with Gasteiger partial charge >= 0.3 is 5.97 Å². The van der Waals surface area contributed by atoms with E-state index in [0.717, 1.165) is 25.2 Å². The molecule has 148 valence electrons. The minimum absolute atomic E-state index is 0.0559. The third kappa shape index (κ3) is 5.15. The van der Waals surface area contributed by atoms with Gasteiger partial charge in [-0.05, 0) is 37.6 Å². The summed E-state index contributed by atoms with van der Waals surface area (Å²) in [5, 5.41) is 11.0.